The Hall–Kier alpha value is -1.35. The third-order valence-corrected chi connectivity index (χ3v) is 3.77. The highest BCUT2D eigenvalue weighted by molar-refractivity contribution is 5.97. The molecule has 0 atom stereocenters. The monoisotopic (exact) mass is 263 g/mol. The molecule has 0 saturated heterocycles. The number of likely N-dealkylation sites (N-methyl/N-ethyl adjacent to an activating group) is 1. The minimum atomic E-state index is 0.0426. The van der Waals surface area contributed by atoms with Crippen molar-refractivity contribution in [1.29, 1.82) is 0 Å². The quantitative estimate of drug-likeness (QED) is 0.706. The van der Waals surface area contributed by atoms with Gasteiger partial charge in [0.05, 0.1) is 13.2 Å². The molecule has 0 radical (unpaired) electrons. The fourth-order valence-electron chi connectivity index (χ4n) is 1.69. The molecule has 0 unspecified atom stereocenters. The Labute approximate surface area is 116 Å². The summed E-state index contributed by atoms with van der Waals surface area (Å²) in [5.41, 5.74) is 0.781. The molecule has 0 aliphatic heterocycles. The predicted octanol–water partition coefficient (Wildman–Crippen LogP) is 3.39. The average molecular weight is 263 g/mol. The molecular weight excluding hydrogens is 238 g/mol. The van der Waals surface area contributed by atoms with Crippen LogP contribution in [0.4, 0.5) is 0 Å². The average Bonchev–Trinajstić information content (AvgIpc) is 2.39. The maximum atomic E-state index is 12.2. The van der Waals surface area contributed by atoms with Gasteiger partial charge >= 0.3 is 0 Å². The Bertz CT molecular complexity index is 409. The summed E-state index contributed by atoms with van der Waals surface area (Å²) in [4.78, 5) is 14.3. The molecule has 0 aliphatic rings. The molecule has 1 rings (SSSR count). The van der Waals surface area contributed by atoms with Crippen LogP contribution in [0, 0.1) is 0 Å². The molecule has 1 aromatic rings. The molecule has 3 nitrogen and oxygen atoms in total. The van der Waals surface area contributed by atoms with Crippen LogP contribution in [0.5, 0.6) is 5.75 Å². The minimum absolute atomic E-state index is 0.0426. The van der Waals surface area contributed by atoms with Crippen molar-refractivity contribution in [3.05, 3.63) is 29.8 Å². The van der Waals surface area contributed by atoms with Gasteiger partial charge in [0, 0.05) is 11.1 Å². The van der Waals surface area contributed by atoms with Gasteiger partial charge in [0.2, 0.25) is 0 Å². The van der Waals surface area contributed by atoms with E-state index in [4.69, 9.17) is 4.74 Å². The Kier molecular flexibility index (Phi) is 5.55. The van der Waals surface area contributed by atoms with E-state index >= 15 is 0 Å². The number of hydrogen-bond donors (Lipinski definition) is 0. The van der Waals surface area contributed by atoms with Crippen molar-refractivity contribution < 1.29 is 9.53 Å². The summed E-state index contributed by atoms with van der Waals surface area (Å²) in [5.74, 6) is 0.952. The van der Waals surface area contributed by atoms with E-state index in [2.05, 4.69) is 25.7 Å². The lowest BCUT2D eigenvalue weighted by molar-refractivity contribution is 0.0847. The van der Waals surface area contributed by atoms with E-state index in [1.807, 2.05) is 38.2 Å². The summed E-state index contributed by atoms with van der Waals surface area (Å²) in [6, 6.07) is 7.36. The first kappa shape index (κ1) is 15.7. The number of hydrogen-bond acceptors (Lipinski definition) is 3. The van der Waals surface area contributed by atoms with E-state index in [9.17, 15) is 4.79 Å². The largest absolute Gasteiger partial charge is 0.494 e. The van der Waals surface area contributed by atoms with Gasteiger partial charge in [0.1, 0.15) is 5.75 Å². The highest BCUT2D eigenvalue weighted by Gasteiger charge is 2.23. The molecule has 1 aromatic carbocycles. The van der Waals surface area contributed by atoms with E-state index in [-0.39, 0.29) is 11.3 Å². The zero-order valence-corrected chi connectivity index (χ0v) is 12.7. The zero-order chi connectivity index (χ0) is 14.5. The first-order chi connectivity index (χ1) is 8.90. The standard InChI is InChI=1S/C16H25NO2/c1-6-16(3,4)17(5)12-15(18)13-8-10-14(11-9-13)19-7-2/h8-11H,6-7,12H2,1-5H3. The molecule has 106 valence electrons. The lowest BCUT2D eigenvalue weighted by Gasteiger charge is -2.34. The van der Waals surface area contributed by atoms with Crippen LogP contribution in [0.1, 0.15) is 44.5 Å². The Morgan fingerprint density at radius 3 is 2.26 bits per heavy atom. The summed E-state index contributed by atoms with van der Waals surface area (Å²) in [5, 5.41) is 0. The summed E-state index contributed by atoms with van der Waals surface area (Å²) in [6.07, 6.45) is 1.01. The molecule has 0 saturated carbocycles. The van der Waals surface area contributed by atoms with Gasteiger partial charge in [-0.15, -0.1) is 0 Å². The van der Waals surface area contributed by atoms with Crippen molar-refractivity contribution in [2.45, 2.75) is 39.7 Å². The smallest absolute Gasteiger partial charge is 0.176 e. The molecule has 0 aromatic heterocycles. The first-order valence-corrected chi connectivity index (χ1v) is 6.88. The zero-order valence-electron chi connectivity index (χ0n) is 12.7. The van der Waals surface area contributed by atoms with Crippen LogP contribution < -0.4 is 4.74 Å². The number of carbonyl (C=O) groups excluding carboxylic acids is 1. The van der Waals surface area contributed by atoms with Crippen molar-refractivity contribution in [2.75, 3.05) is 20.2 Å². The normalized spacial score (nSPS) is 11.7. The summed E-state index contributed by atoms with van der Waals surface area (Å²) in [7, 11) is 2.00. The van der Waals surface area contributed by atoms with E-state index in [1.165, 1.54) is 0 Å². The highest BCUT2D eigenvalue weighted by atomic mass is 16.5. The van der Waals surface area contributed by atoms with Crippen molar-refractivity contribution in [3.63, 3.8) is 0 Å². The topological polar surface area (TPSA) is 29.5 Å². The van der Waals surface area contributed by atoms with Crippen molar-refractivity contribution >= 4 is 5.78 Å². The van der Waals surface area contributed by atoms with Crippen LogP contribution in [0.2, 0.25) is 0 Å². The summed E-state index contributed by atoms with van der Waals surface area (Å²) >= 11 is 0. The molecule has 0 amide bonds. The van der Waals surface area contributed by atoms with Crippen LogP contribution >= 0.6 is 0 Å². The molecule has 0 spiro atoms. The van der Waals surface area contributed by atoms with Gasteiger partial charge in [0.25, 0.3) is 0 Å². The van der Waals surface area contributed by atoms with E-state index in [0.29, 0.717) is 13.2 Å². The summed E-state index contributed by atoms with van der Waals surface area (Å²) < 4.78 is 5.37. The van der Waals surface area contributed by atoms with Gasteiger partial charge in [-0.2, -0.15) is 0 Å². The van der Waals surface area contributed by atoms with Gasteiger partial charge in [-0.25, -0.2) is 0 Å². The molecular formula is C16H25NO2. The Balaban J connectivity index is 2.68. The second-order valence-electron chi connectivity index (χ2n) is 5.40. The molecule has 0 bridgehead atoms. The lowest BCUT2D eigenvalue weighted by atomic mass is 9.99. The van der Waals surface area contributed by atoms with Gasteiger partial charge in [-0.05, 0) is 58.5 Å². The highest BCUT2D eigenvalue weighted by Crippen LogP contribution is 2.18. The Morgan fingerprint density at radius 1 is 1.21 bits per heavy atom. The third kappa shape index (κ3) is 4.35. The fraction of sp³-hybridized carbons (Fsp3) is 0.562. The van der Waals surface area contributed by atoms with Gasteiger partial charge in [-0.3, -0.25) is 9.69 Å². The predicted molar refractivity (Wildman–Crippen MR) is 78.9 cm³/mol. The molecule has 3 heteroatoms. The van der Waals surface area contributed by atoms with Crippen LogP contribution in [0.15, 0.2) is 24.3 Å². The van der Waals surface area contributed by atoms with Crippen LogP contribution in [-0.2, 0) is 0 Å². The number of ether oxygens (including phenoxy) is 1. The van der Waals surface area contributed by atoms with Crippen LogP contribution in [-0.4, -0.2) is 36.4 Å². The number of carbonyl (C=O) groups is 1. The molecule has 0 fully saturated rings. The molecule has 0 aliphatic carbocycles. The fourth-order valence-corrected chi connectivity index (χ4v) is 1.69. The SMILES string of the molecule is CCOc1ccc(C(=O)CN(C)C(C)(C)CC)cc1. The van der Waals surface area contributed by atoms with E-state index in [0.717, 1.165) is 17.7 Å². The number of rotatable bonds is 7. The van der Waals surface area contributed by atoms with Gasteiger partial charge < -0.3 is 4.74 Å². The molecule has 19 heavy (non-hydrogen) atoms. The van der Waals surface area contributed by atoms with Crippen LogP contribution in [0.25, 0.3) is 0 Å². The van der Waals surface area contributed by atoms with Gasteiger partial charge in [-0.1, -0.05) is 6.92 Å². The second-order valence-corrected chi connectivity index (χ2v) is 5.40. The molecule has 0 N–H and O–H groups in total. The second kappa shape index (κ2) is 6.71. The number of benzene rings is 1. The first-order valence-electron chi connectivity index (χ1n) is 6.88. The van der Waals surface area contributed by atoms with Gasteiger partial charge in [0.15, 0.2) is 5.78 Å². The van der Waals surface area contributed by atoms with E-state index in [1.54, 1.807) is 0 Å². The van der Waals surface area contributed by atoms with Crippen molar-refractivity contribution in [2.24, 2.45) is 0 Å². The number of nitrogens with zero attached hydrogens (tertiary/aromatic N) is 1. The minimum Gasteiger partial charge on any atom is -0.494 e. The van der Waals surface area contributed by atoms with Crippen LogP contribution in [0.3, 0.4) is 0 Å². The van der Waals surface area contributed by atoms with E-state index < -0.39 is 0 Å². The summed E-state index contributed by atoms with van der Waals surface area (Å²) in [6.45, 7) is 9.46. The third-order valence-electron chi connectivity index (χ3n) is 3.77. The number of Topliss-reactive ketones (excluding diaryl/α,β-unsaturated/α-hetero) is 1. The maximum Gasteiger partial charge on any atom is 0.176 e. The maximum absolute atomic E-state index is 12.2. The number of ketones is 1. The Morgan fingerprint density at radius 2 is 1.79 bits per heavy atom. The lowest BCUT2D eigenvalue weighted by Crippen LogP contribution is -2.43. The van der Waals surface area contributed by atoms with Crippen molar-refractivity contribution in [3.8, 4) is 5.75 Å². The molecule has 0 heterocycles. The van der Waals surface area contributed by atoms with Crippen molar-refractivity contribution in [1.82, 2.24) is 4.90 Å².